The van der Waals surface area contributed by atoms with Crippen molar-refractivity contribution >= 4 is 24.0 Å². The topological polar surface area (TPSA) is 28.7 Å². The molecule has 1 rings (SSSR count). The normalized spacial score (nSPS) is 10.2. The van der Waals surface area contributed by atoms with Crippen LogP contribution < -0.4 is 0 Å². The minimum atomic E-state index is 0.689. The summed E-state index contributed by atoms with van der Waals surface area (Å²) in [6.07, 6.45) is 3.03. The van der Waals surface area contributed by atoms with Crippen LogP contribution in [0.3, 0.4) is 0 Å². The van der Waals surface area contributed by atoms with Crippen molar-refractivity contribution in [1.29, 1.82) is 0 Å². The molecule has 0 amide bonds. The molecule has 66 valence electrons. The highest BCUT2D eigenvalue weighted by molar-refractivity contribution is 7.97. The van der Waals surface area contributed by atoms with Crippen LogP contribution in [0, 0.1) is 4.64 Å². The maximum absolute atomic E-state index is 5.03. The van der Waals surface area contributed by atoms with E-state index < -0.39 is 0 Å². The Kier molecular flexibility index (Phi) is 3.75. The van der Waals surface area contributed by atoms with Gasteiger partial charge in [0.25, 0.3) is 0 Å². The molecule has 0 bridgehead atoms. The van der Waals surface area contributed by atoms with Crippen LogP contribution in [0.15, 0.2) is 6.07 Å². The Morgan fingerprint density at radius 3 is 3.00 bits per heavy atom. The summed E-state index contributed by atoms with van der Waals surface area (Å²) in [6.45, 7) is 2.10. The summed E-state index contributed by atoms with van der Waals surface area (Å²) < 4.78 is 0.689. The molecule has 12 heavy (non-hydrogen) atoms. The molecule has 0 saturated heterocycles. The van der Waals surface area contributed by atoms with Gasteiger partial charge in [-0.15, -0.1) is 0 Å². The van der Waals surface area contributed by atoms with Crippen molar-refractivity contribution in [3.63, 3.8) is 0 Å². The molecule has 0 spiro atoms. The van der Waals surface area contributed by atoms with Crippen LogP contribution >= 0.6 is 24.0 Å². The standard InChI is InChI=1S/C8H12N2S2/c1-3-6-4-8(11)10-7(9-6)5-12-2/h4H,3,5H2,1-2H3,(H,9,10,11). The van der Waals surface area contributed by atoms with Gasteiger partial charge in [0, 0.05) is 5.69 Å². The number of aryl methyl sites for hydroxylation is 1. The quantitative estimate of drug-likeness (QED) is 0.760. The third-order valence-electron chi connectivity index (χ3n) is 1.51. The highest BCUT2D eigenvalue weighted by Gasteiger charge is 1.95. The average molecular weight is 200 g/mol. The Balaban J connectivity index is 2.98. The first-order chi connectivity index (χ1) is 5.76. The molecule has 0 atom stereocenters. The molecule has 0 radical (unpaired) electrons. The highest BCUT2D eigenvalue weighted by Crippen LogP contribution is 2.05. The predicted octanol–water partition coefficient (Wildman–Crippen LogP) is 2.56. The fraction of sp³-hybridized carbons (Fsp3) is 0.500. The second-order valence-corrected chi connectivity index (χ2v) is 3.76. The van der Waals surface area contributed by atoms with Crippen molar-refractivity contribution in [3.8, 4) is 0 Å². The molecule has 0 unspecified atom stereocenters. The summed E-state index contributed by atoms with van der Waals surface area (Å²) in [5.74, 6) is 1.88. The molecule has 1 N–H and O–H groups in total. The van der Waals surface area contributed by atoms with Gasteiger partial charge in [-0.05, 0) is 18.7 Å². The van der Waals surface area contributed by atoms with Crippen LogP contribution in [0.1, 0.15) is 18.4 Å². The zero-order chi connectivity index (χ0) is 8.97. The number of hydrogen-bond donors (Lipinski definition) is 1. The molecule has 1 aromatic rings. The summed E-state index contributed by atoms with van der Waals surface area (Å²) in [6, 6.07) is 1.92. The molecular formula is C8H12N2S2. The van der Waals surface area contributed by atoms with E-state index in [1.807, 2.05) is 6.07 Å². The van der Waals surface area contributed by atoms with Gasteiger partial charge in [0.2, 0.25) is 0 Å². The van der Waals surface area contributed by atoms with E-state index in [0.717, 1.165) is 18.0 Å². The van der Waals surface area contributed by atoms with Crippen molar-refractivity contribution in [2.24, 2.45) is 0 Å². The Bertz CT molecular complexity index is 306. The average Bonchev–Trinajstić information content (AvgIpc) is 2.04. The van der Waals surface area contributed by atoms with Gasteiger partial charge in [0.1, 0.15) is 10.5 Å². The first-order valence-corrected chi connectivity index (χ1v) is 5.64. The van der Waals surface area contributed by atoms with Crippen LogP contribution in [-0.2, 0) is 12.2 Å². The van der Waals surface area contributed by atoms with Crippen molar-refractivity contribution in [2.45, 2.75) is 19.1 Å². The van der Waals surface area contributed by atoms with Gasteiger partial charge in [0.05, 0.1) is 5.75 Å². The molecule has 0 fully saturated rings. The number of nitrogens with one attached hydrogen (secondary N) is 1. The SMILES string of the molecule is CCc1cc(=S)nc(CSC)[nH]1. The second-order valence-electron chi connectivity index (χ2n) is 2.48. The lowest BCUT2D eigenvalue weighted by Crippen LogP contribution is -1.97. The third kappa shape index (κ3) is 2.60. The lowest BCUT2D eigenvalue weighted by Gasteiger charge is -2.01. The van der Waals surface area contributed by atoms with Gasteiger partial charge < -0.3 is 4.98 Å². The van der Waals surface area contributed by atoms with Gasteiger partial charge in [-0.2, -0.15) is 11.8 Å². The fourth-order valence-electron chi connectivity index (χ4n) is 0.959. The van der Waals surface area contributed by atoms with Gasteiger partial charge in [-0.1, -0.05) is 19.1 Å². The monoisotopic (exact) mass is 200 g/mol. The summed E-state index contributed by atoms with van der Waals surface area (Å²) >= 11 is 6.77. The predicted molar refractivity (Wildman–Crippen MR) is 56.0 cm³/mol. The van der Waals surface area contributed by atoms with Gasteiger partial charge in [-0.25, -0.2) is 4.98 Å². The van der Waals surface area contributed by atoms with Gasteiger partial charge >= 0.3 is 0 Å². The van der Waals surface area contributed by atoms with E-state index in [0.29, 0.717) is 4.64 Å². The van der Waals surface area contributed by atoms with Crippen LogP contribution in [-0.4, -0.2) is 16.2 Å². The van der Waals surface area contributed by atoms with Gasteiger partial charge in [0.15, 0.2) is 0 Å². The first-order valence-electron chi connectivity index (χ1n) is 3.84. The molecule has 0 aromatic carbocycles. The summed E-state index contributed by atoms with van der Waals surface area (Å²) in [5, 5.41) is 0. The van der Waals surface area contributed by atoms with E-state index in [2.05, 4.69) is 23.1 Å². The Morgan fingerprint density at radius 2 is 2.42 bits per heavy atom. The Hall–Kier alpha value is -0.350. The number of aromatic amines is 1. The highest BCUT2D eigenvalue weighted by atomic mass is 32.2. The van der Waals surface area contributed by atoms with E-state index in [4.69, 9.17) is 12.2 Å². The summed E-state index contributed by atoms with van der Waals surface area (Å²) in [5.41, 5.74) is 1.17. The Morgan fingerprint density at radius 1 is 1.67 bits per heavy atom. The van der Waals surface area contributed by atoms with Crippen LogP contribution in [0.5, 0.6) is 0 Å². The summed E-state index contributed by atoms with van der Waals surface area (Å²) in [4.78, 5) is 7.45. The van der Waals surface area contributed by atoms with E-state index in [1.165, 1.54) is 5.69 Å². The van der Waals surface area contributed by atoms with Crippen molar-refractivity contribution in [2.75, 3.05) is 6.26 Å². The van der Waals surface area contributed by atoms with Crippen molar-refractivity contribution in [1.82, 2.24) is 9.97 Å². The lowest BCUT2D eigenvalue weighted by atomic mass is 10.3. The number of aromatic nitrogens is 2. The number of nitrogens with zero attached hydrogens (tertiary/aromatic N) is 1. The minimum absolute atomic E-state index is 0.689. The smallest absolute Gasteiger partial charge is 0.130 e. The van der Waals surface area contributed by atoms with Gasteiger partial charge in [-0.3, -0.25) is 0 Å². The maximum atomic E-state index is 5.03. The van der Waals surface area contributed by atoms with Crippen LogP contribution in [0.4, 0.5) is 0 Å². The lowest BCUT2D eigenvalue weighted by molar-refractivity contribution is 0.933. The zero-order valence-electron chi connectivity index (χ0n) is 7.26. The van der Waals surface area contributed by atoms with Crippen LogP contribution in [0.25, 0.3) is 0 Å². The van der Waals surface area contributed by atoms with E-state index in [-0.39, 0.29) is 0 Å². The second kappa shape index (κ2) is 4.62. The molecule has 0 aliphatic rings. The van der Waals surface area contributed by atoms with E-state index in [1.54, 1.807) is 11.8 Å². The number of hydrogen-bond acceptors (Lipinski definition) is 3. The molecule has 0 saturated carbocycles. The molecule has 1 heterocycles. The molecule has 0 aliphatic carbocycles. The molecule has 1 aromatic heterocycles. The van der Waals surface area contributed by atoms with E-state index >= 15 is 0 Å². The van der Waals surface area contributed by atoms with Crippen LogP contribution in [0.2, 0.25) is 0 Å². The minimum Gasteiger partial charge on any atom is -0.346 e. The molecular weight excluding hydrogens is 188 g/mol. The van der Waals surface area contributed by atoms with Crippen molar-refractivity contribution < 1.29 is 0 Å². The fourth-order valence-corrected chi connectivity index (χ4v) is 1.62. The first kappa shape index (κ1) is 9.74. The molecule has 0 aliphatic heterocycles. The number of thioether (sulfide) groups is 1. The largest absolute Gasteiger partial charge is 0.346 e. The summed E-state index contributed by atoms with van der Waals surface area (Å²) in [7, 11) is 0. The van der Waals surface area contributed by atoms with Crippen molar-refractivity contribution in [3.05, 3.63) is 22.2 Å². The number of rotatable bonds is 3. The number of H-pyrrole nitrogens is 1. The Labute approximate surface area is 81.8 Å². The molecule has 4 heteroatoms. The maximum Gasteiger partial charge on any atom is 0.130 e. The molecule has 2 nitrogen and oxygen atoms in total. The third-order valence-corrected chi connectivity index (χ3v) is 2.28. The zero-order valence-corrected chi connectivity index (χ0v) is 8.89. The van der Waals surface area contributed by atoms with E-state index in [9.17, 15) is 0 Å².